The monoisotopic (exact) mass is 463 g/mol. The second-order valence-electron chi connectivity index (χ2n) is 9.81. The second-order valence-corrected chi connectivity index (χ2v) is 9.81. The molecule has 0 amide bonds. The molecular formula is C35H29N. The Labute approximate surface area is 213 Å². The number of hydrogen-bond donors (Lipinski definition) is 0. The zero-order valence-corrected chi connectivity index (χ0v) is 20.8. The van der Waals surface area contributed by atoms with Gasteiger partial charge >= 0.3 is 0 Å². The van der Waals surface area contributed by atoms with Crippen LogP contribution in [0.2, 0.25) is 0 Å². The SMILES string of the molecule is Cc1ccc(-c2cc(C3=CC(c4nccc5ccccc45)CC=C3)cc(-c3ccc(C)cc3)c2)cc1. The van der Waals surface area contributed by atoms with E-state index in [1.807, 2.05) is 6.20 Å². The minimum absolute atomic E-state index is 0.252. The van der Waals surface area contributed by atoms with Crippen LogP contribution >= 0.6 is 0 Å². The smallest absolute Gasteiger partial charge is 0.0553 e. The lowest BCUT2D eigenvalue weighted by Crippen LogP contribution is -2.03. The molecule has 0 spiro atoms. The van der Waals surface area contributed by atoms with E-state index in [4.69, 9.17) is 4.98 Å². The fraction of sp³-hybridized carbons (Fsp3) is 0.114. The number of nitrogens with zero attached hydrogens (tertiary/aromatic N) is 1. The second kappa shape index (κ2) is 9.43. The lowest BCUT2D eigenvalue weighted by Gasteiger charge is -2.19. The highest BCUT2D eigenvalue weighted by Crippen LogP contribution is 2.37. The molecule has 0 fully saturated rings. The summed E-state index contributed by atoms with van der Waals surface area (Å²) in [7, 11) is 0. The van der Waals surface area contributed by atoms with E-state index in [0.29, 0.717) is 0 Å². The molecule has 0 aliphatic heterocycles. The Balaban J connectivity index is 1.47. The summed E-state index contributed by atoms with van der Waals surface area (Å²) < 4.78 is 0. The largest absolute Gasteiger partial charge is 0.260 e. The number of aromatic nitrogens is 1. The quantitative estimate of drug-likeness (QED) is 0.259. The molecule has 1 unspecified atom stereocenters. The van der Waals surface area contributed by atoms with Gasteiger partial charge in [-0.2, -0.15) is 0 Å². The molecular weight excluding hydrogens is 434 g/mol. The van der Waals surface area contributed by atoms with Gasteiger partial charge in [-0.3, -0.25) is 4.98 Å². The number of rotatable bonds is 4. The molecule has 4 aromatic carbocycles. The highest BCUT2D eigenvalue weighted by atomic mass is 14.7. The lowest BCUT2D eigenvalue weighted by atomic mass is 9.86. The minimum Gasteiger partial charge on any atom is -0.260 e. The molecule has 6 rings (SSSR count). The van der Waals surface area contributed by atoms with Gasteiger partial charge in [0.2, 0.25) is 0 Å². The summed E-state index contributed by atoms with van der Waals surface area (Å²) in [5.74, 6) is 0.252. The van der Waals surface area contributed by atoms with Crippen molar-refractivity contribution in [3.8, 4) is 22.3 Å². The predicted octanol–water partition coefficient (Wildman–Crippen LogP) is 9.31. The van der Waals surface area contributed by atoms with Gasteiger partial charge in [-0.15, -0.1) is 0 Å². The maximum Gasteiger partial charge on any atom is 0.0553 e. The van der Waals surface area contributed by atoms with Crippen molar-refractivity contribution in [1.29, 1.82) is 0 Å². The first-order valence-electron chi connectivity index (χ1n) is 12.7. The third-order valence-electron chi connectivity index (χ3n) is 7.16. The van der Waals surface area contributed by atoms with Crippen molar-refractivity contribution in [2.45, 2.75) is 26.2 Å². The zero-order chi connectivity index (χ0) is 24.5. The van der Waals surface area contributed by atoms with Crippen molar-refractivity contribution >= 4 is 16.3 Å². The molecule has 5 aromatic rings. The molecule has 174 valence electrons. The van der Waals surface area contributed by atoms with Crippen molar-refractivity contribution in [1.82, 2.24) is 4.98 Å². The number of allylic oxidation sites excluding steroid dienone is 4. The fourth-order valence-electron chi connectivity index (χ4n) is 5.12. The molecule has 0 saturated heterocycles. The zero-order valence-electron chi connectivity index (χ0n) is 20.8. The van der Waals surface area contributed by atoms with E-state index >= 15 is 0 Å². The fourth-order valence-corrected chi connectivity index (χ4v) is 5.12. The van der Waals surface area contributed by atoms with E-state index in [2.05, 4.69) is 129 Å². The molecule has 0 saturated carbocycles. The van der Waals surface area contributed by atoms with Crippen LogP contribution in [0.3, 0.4) is 0 Å². The topological polar surface area (TPSA) is 12.9 Å². The van der Waals surface area contributed by atoms with Gasteiger partial charge in [0, 0.05) is 17.5 Å². The molecule has 1 heteroatoms. The van der Waals surface area contributed by atoms with Crippen molar-refractivity contribution < 1.29 is 0 Å². The van der Waals surface area contributed by atoms with Gasteiger partial charge < -0.3 is 0 Å². The van der Waals surface area contributed by atoms with Crippen LogP contribution in [0.5, 0.6) is 0 Å². The molecule has 1 atom stereocenters. The number of pyridine rings is 1. The average molecular weight is 464 g/mol. The standard InChI is InChI=1S/C35H29N/c1-24-10-14-26(15-11-24)31-21-32(27-16-12-25(2)13-17-27)23-33(22-31)29-7-5-8-30(20-29)35-34-9-4-3-6-28(34)18-19-36-35/h3-7,9-23,30H,8H2,1-2H3. The first-order chi connectivity index (χ1) is 17.6. The number of hydrogen-bond acceptors (Lipinski definition) is 1. The van der Waals surface area contributed by atoms with Gasteiger partial charge in [0.05, 0.1) is 5.69 Å². The van der Waals surface area contributed by atoms with Crippen molar-refractivity contribution in [3.63, 3.8) is 0 Å². The molecule has 1 aliphatic carbocycles. The van der Waals surface area contributed by atoms with Crippen LogP contribution < -0.4 is 0 Å². The summed E-state index contributed by atoms with van der Waals surface area (Å²) in [6.45, 7) is 4.27. The highest BCUT2D eigenvalue weighted by Gasteiger charge is 2.17. The van der Waals surface area contributed by atoms with Gasteiger partial charge in [0.25, 0.3) is 0 Å². The Kier molecular flexibility index (Phi) is 5.83. The molecule has 0 N–H and O–H groups in total. The summed E-state index contributed by atoms with van der Waals surface area (Å²) in [6.07, 6.45) is 9.88. The van der Waals surface area contributed by atoms with Crippen LogP contribution in [-0.4, -0.2) is 4.98 Å². The third-order valence-corrected chi connectivity index (χ3v) is 7.16. The van der Waals surface area contributed by atoms with Gasteiger partial charge in [-0.05, 0) is 83.3 Å². The van der Waals surface area contributed by atoms with Crippen LogP contribution in [0, 0.1) is 13.8 Å². The minimum atomic E-state index is 0.252. The maximum atomic E-state index is 4.83. The predicted molar refractivity (Wildman–Crippen MR) is 153 cm³/mol. The maximum absolute atomic E-state index is 4.83. The van der Waals surface area contributed by atoms with Crippen LogP contribution in [0.25, 0.3) is 38.6 Å². The van der Waals surface area contributed by atoms with Gasteiger partial charge in [-0.25, -0.2) is 0 Å². The normalized spacial score (nSPS) is 15.2. The summed E-state index contributed by atoms with van der Waals surface area (Å²) in [5, 5.41) is 2.49. The van der Waals surface area contributed by atoms with E-state index in [-0.39, 0.29) is 5.92 Å². The number of aryl methyl sites for hydroxylation is 2. The Morgan fingerprint density at radius 1 is 0.639 bits per heavy atom. The van der Waals surface area contributed by atoms with E-state index < -0.39 is 0 Å². The number of fused-ring (bicyclic) bond motifs is 1. The van der Waals surface area contributed by atoms with E-state index in [1.165, 1.54) is 55.3 Å². The third kappa shape index (κ3) is 4.41. The summed E-state index contributed by atoms with van der Waals surface area (Å²) >= 11 is 0. The van der Waals surface area contributed by atoms with Crippen LogP contribution in [0.15, 0.2) is 121 Å². The molecule has 0 radical (unpaired) electrons. The first kappa shape index (κ1) is 22.2. The summed E-state index contributed by atoms with van der Waals surface area (Å²) in [4.78, 5) is 4.83. The average Bonchev–Trinajstić information content (AvgIpc) is 2.93. The molecule has 1 heterocycles. The van der Waals surface area contributed by atoms with E-state index in [9.17, 15) is 0 Å². The lowest BCUT2D eigenvalue weighted by molar-refractivity contribution is 0.829. The first-order valence-corrected chi connectivity index (χ1v) is 12.7. The van der Waals surface area contributed by atoms with Crippen molar-refractivity contribution in [2.75, 3.05) is 0 Å². The summed E-state index contributed by atoms with van der Waals surface area (Å²) in [6, 6.07) is 35.3. The van der Waals surface area contributed by atoms with E-state index in [1.54, 1.807) is 0 Å². The molecule has 1 aliphatic rings. The van der Waals surface area contributed by atoms with Gasteiger partial charge in [-0.1, -0.05) is 102 Å². The Morgan fingerprint density at radius 2 is 1.25 bits per heavy atom. The molecule has 36 heavy (non-hydrogen) atoms. The van der Waals surface area contributed by atoms with Crippen LogP contribution in [0.4, 0.5) is 0 Å². The molecule has 1 nitrogen and oxygen atoms in total. The Morgan fingerprint density at radius 3 is 1.92 bits per heavy atom. The number of benzene rings is 4. The van der Waals surface area contributed by atoms with Gasteiger partial charge in [0.15, 0.2) is 0 Å². The Hall–Kier alpha value is -4.23. The Bertz CT molecular complexity index is 1530. The molecule has 0 bridgehead atoms. The summed E-state index contributed by atoms with van der Waals surface area (Å²) in [5.41, 5.74) is 11.2. The van der Waals surface area contributed by atoms with E-state index in [0.717, 1.165) is 12.1 Å². The van der Waals surface area contributed by atoms with Gasteiger partial charge in [0.1, 0.15) is 0 Å². The van der Waals surface area contributed by atoms with Crippen molar-refractivity contribution in [3.05, 3.63) is 144 Å². The highest BCUT2D eigenvalue weighted by molar-refractivity contribution is 5.87. The molecule has 1 aromatic heterocycles. The van der Waals surface area contributed by atoms with Crippen molar-refractivity contribution in [2.24, 2.45) is 0 Å². The van der Waals surface area contributed by atoms with Crippen LogP contribution in [0.1, 0.15) is 34.7 Å². The van der Waals surface area contributed by atoms with Crippen LogP contribution in [-0.2, 0) is 0 Å².